The monoisotopic (exact) mass is 321 g/mol. The molecule has 1 amide bonds. The highest BCUT2D eigenvalue weighted by Crippen LogP contribution is 2.45. The summed E-state index contributed by atoms with van der Waals surface area (Å²) in [7, 11) is 2.14. The Kier molecular flexibility index (Phi) is 4.55. The SMILES string of the molecule is CN1CCN(CC2(CNC(=O)c3ccc(F)c(O)c3)CC2)CC1. The van der Waals surface area contributed by atoms with E-state index in [9.17, 15) is 14.3 Å². The quantitative estimate of drug-likeness (QED) is 0.858. The van der Waals surface area contributed by atoms with Crippen molar-refractivity contribution in [3.8, 4) is 5.75 Å². The molecule has 0 spiro atoms. The van der Waals surface area contributed by atoms with Gasteiger partial charge in [-0.3, -0.25) is 4.79 Å². The van der Waals surface area contributed by atoms with E-state index < -0.39 is 11.6 Å². The molecular weight excluding hydrogens is 297 g/mol. The molecule has 1 aromatic carbocycles. The Bertz CT molecular complexity index is 581. The number of nitrogens with one attached hydrogen (secondary N) is 1. The number of benzene rings is 1. The van der Waals surface area contributed by atoms with Gasteiger partial charge in [-0.1, -0.05) is 0 Å². The van der Waals surface area contributed by atoms with Crippen LogP contribution in [0.3, 0.4) is 0 Å². The Balaban J connectivity index is 1.51. The molecule has 0 unspecified atom stereocenters. The minimum absolute atomic E-state index is 0.188. The minimum atomic E-state index is -0.713. The average molecular weight is 321 g/mol. The number of nitrogens with zero attached hydrogens (tertiary/aromatic N) is 2. The Hall–Kier alpha value is -1.66. The van der Waals surface area contributed by atoms with Crippen molar-refractivity contribution in [2.45, 2.75) is 12.8 Å². The first-order valence-corrected chi connectivity index (χ1v) is 8.15. The molecule has 3 rings (SSSR count). The minimum Gasteiger partial charge on any atom is -0.505 e. The third-order valence-corrected chi connectivity index (χ3v) is 4.94. The van der Waals surface area contributed by atoms with E-state index in [1.807, 2.05) is 0 Å². The Labute approximate surface area is 136 Å². The van der Waals surface area contributed by atoms with Crippen molar-refractivity contribution in [1.82, 2.24) is 15.1 Å². The summed E-state index contributed by atoms with van der Waals surface area (Å²) in [6, 6.07) is 3.68. The van der Waals surface area contributed by atoms with Gasteiger partial charge in [-0.05, 0) is 38.1 Å². The second-order valence-corrected chi connectivity index (χ2v) is 6.93. The van der Waals surface area contributed by atoms with Crippen LogP contribution in [0.25, 0.3) is 0 Å². The van der Waals surface area contributed by atoms with Gasteiger partial charge in [-0.15, -0.1) is 0 Å². The fourth-order valence-electron chi connectivity index (χ4n) is 3.07. The molecule has 5 nitrogen and oxygen atoms in total. The molecular formula is C17H24FN3O2. The van der Waals surface area contributed by atoms with Gasteiger partial charge < -0.3 is 20.2 Å². The van der Waals surface area contributed by atoms with Crippen molar-refractivity contribution in [2.75, 3.05) is 46.3 Å². The number of phenolic OH excluding ortho intramolecular Hbond substituents is 1. The molecule has 2 N–H and O–H groups in total. The summed E-state index contributed by atoms with van der Waals surface area (Å²) < 4.78 is 13.0. The van der Waals surface area contributed by atoms with Crippen LogP contribution in [0.5, 0.6) is 5.75 Å². The maximum absolute atomic E-state index is 13.0. The van der Waals surface area contributed by atoms with Crippen molar-refractivity contribution in [3.63, 3.8) is 0 Å². The van der Waals surface area contributed by atoms with Crippen LogP contribution in [0.15, 0.2) is 18.2 Å². The fraction of sp³-hybridized carbons (Fsp3) is 0.588. The van der Waals surface area contributed by atoms with Crippen molar-refractivity contribution < 1.29 is 14.3 Å². The molecule has 0 atom stereocenters. The number of piperazine rings is 1. The highest BCUT2D eigenvalue weighted by molar-refractivity contribution is 5.94. The molecule has 0 bridgehead atoms. The van der Waals surface area contributed by atoms with E-state index in [0.29, 0.717) is 12.1 Å². The van der Waals surface area contributed by atoms with Gasteiger partial charge >= 0.3 is 0 Å². The molecule has 1 saturated heterocycles. The number of likely N-dealkylation sites (N-methyl/N-ethyl adjacent to an activating group) is 1. The number of aromatic hydroxyl groups is 1. The normalized spacial score (nSPS) is 21.1. The summed E-state index contributed by atoms with van der Waals surface area (Å²) in [6.07, 6.45) is 2.27. The first kappa shape index (κ1) is 16.2. The zero-order valence-corrected chi connectivity index (χ0v) is 13.5. The fourth-order valence-corrected chi connectivity index (χ4v) is 3.07. The van der Waals surface area contributed by atoms with E-state index in [4.69, 9.17) is 0 Å². The second kappa shape index (κ2) is 6.45. The molecule has 23 heavy (non-hydrogen) atoms. The van der Waals surface area contributed by atoms with Crippen LogP contribution in [0.1, 0.15) is 23.2 Å². The summed E-state index contributed by atoms with van der Waals surface area (Å²) >= 11 is 0. The van der Waals surface area contributed by atoms with Crippen LogP contribution in [-0.4, -0.2) is 67.1 Å². The van der Waals surface area contributed by atoms with Gasteiger partial charge in [0.15, 0.2) is 11.6 Å². The molecule has 0 radical (unpaired) electrons. The van der Waals surface area contributed by atoms with Crippen LogP contribution in [0.4, 0.5) is 4.39 Å². The van der Waals surface area contributed by atoms with Crippen LogP contribution < -0.4 is 5.32 Å². The molecule has 1 aliphatic carbocycles. The molecule has 2 aliphatic rings. The van der Waals surface area contributed by atoms with Crippen molar-refractivity contribution in [2.24, 2.45) is 5.41 Å². The van der Waals surface area contributed by atoms with Gasteiger partial charge in [-0.25, -0.2) is 4.39 Å². The topological polar surface area (TPSA) is 55.8 Å². The van der Waals surface area contributed by atoms with E-state index in [0.717, 1.165) is 51.6 Å². The third kappa shape index (κ3) is 4.00. The van der Waals surface area contributed by atoms with Gasteiger partial charge in [0.05, 0.1) is 0 Å². The van der Waals surface area contributed by atoms with E-state index in [-0.39, 0.29) is 11.3 Å². The zero-order chi connectivity index (χ0) is 16.4. The lowest BCUT2D eigenvalue weighted by Crippen LogP contribution is -2.47. The third-order valence-electron chi connectivity index (χ3n) is 4.94. The van der Waals surface area contributed by atoms with Crippen LogP contribution >= 0.6 is 0 Å². The molecule has 0 aromatic heterocycles. The number of hydrogen-bond acceptors (Lipinski definition) is 4. The van der Waals surface area contributed by atoms with Gasteiger partial charge in [-0.2, -0.15) is 0 Å². The van der Waals surface area contributed by atoms with Crippen LogP contribution in [0.2, 0.25) is 0 Å². The first-order chi connectivity index (χ1) is 11.0. The maximum Gasteiger partial charge on any atom is 0.251 e. The van der Waals surface area contributed by atoms with E-state index in [1.165, 1.54) is 12.1 Å². The second-order valence-electron chi connectivity index (χ2n) is 6.93. The summed E-state index contributed by atoms with van der Waals surface area (Å²) in [6.45, 7) is 6.01. The number of amides is 1. The summed E-state index contributed by atoms with van der Waals surface area (Å²) in [5.41, 5.74) is 0.479. The maximum atomic E-state index is 13.0. The molecule has 1 aromatic rings. The smallest absolute Gasteiger partial charge is 0.251 e. The molecule has 2 fully saturated rings. The molecule has 1 heterocycles. The predicted octanol–water partition coefficient (Wildman–Crippen LogP) is 1.29. The predicted molar refractivity (Wildman–Crippen MR) is 86.0 cm³/mol. The number of phenols is 1. The number of hydrogen-bond donors (Lipinski definition) is 2. The van der Waals surface area contributed by atoms with Crippen molar-refractivity contribution >= 4 is 5.91 Å². The van der Waals surface area contributed by atoms with Gasteiger partial charge in [0, 0.05) is 50.2 Å². The van der Waals surface area contributed by atoms with Crippen molar-refractivity contribution in [1.29, 1.82) is 0 Å². The summed E-state index contributed by atoms with van der Waals surface area (Å²) in [5, 5.41) is 12.3. The Morgan fingerprint density at radius 3 is 2.61 bits per heavy atom. The van der Waals surface area contributed by atoms with Crippen LogP contribution in [0, 0.1) is 11.2 Å². The number of rotatable bonds is 5. The zero-order valence-electron chi connectivity index (χ0n) is 13.5. The number of carbonyl (C=O) groups is 1. The molecule has 6 heteroatoms. The van der Waals surface area contributed by atoms with Gasteiger partial charge in [0.1, 0.15) is 0 Å². The molecule has 126 valence electrons. The standard InChI is InChI=1S/C17H24FN3O2/c1-20-6-8-21(9-7-20)12-17(4-5-17)11-19-16(23)13-2-3-14(18)15(22)10-13/h2-3,10,22H,4-9,11-12H2,1H3,(H,19,23). The van der Waals surface area contributed by atoms with Gasteiger partial charge in [0.2, 0.25) is 0 Å². The van der Waals surface area contributed by atoms with Crippen LogP contribution in [-0.2, 0) is 0 Å². The van der Waals surface area contributed by atoms with E-state index in [2.05, 4.69) is 22.2 Å². The largest absolute Gasteiger partial charge is 0.505 e. The Morgan fingerprint density at radius 1 is 1.30 bits per heavy atom. The lowest BCUT2D eigenvalue weighted by atomic mass is 10.1. The van der Waals surface area contributed by atoms with E-state index in [1.54, 1.807) is 0 Å². The lowest BCUT2D eigenvalue weighted by Gasteiger charge is -2.34. The lowest BCUT2D eigenvalue weighted by molar-refractivity contribution is 0.0926. The van der Waals surface area contributed by atoms with Gasteiger partial charge in [0.25, 0.3) is 5.91 Å². The average Bonchev–Trinajstić information content (AvgIpc) is 3.30. The highest BCUT2D eigenvalue weighted by atomic mass is 19.1. The highest BCUT2D eigenvalue weighted by Gasteiger charge is 2.44. The summed E-state index contributed by atoms with van der Waals surface area (Å²) in [4.78, 5) is 17.0. The number of carbonyl (C=O) groups excluding carboxylic acids is 1. The first-order valence-electron chi connectivity index (χ1n) is 8.15. The molecule has 1 saturated carbocycles. The molecule has 1 aliphatic heterocycles. The van der Waals surface area contributed by atoms with E-state index >= 15 is 0 Å². The number of halogens is 1. The van der Waals surface area contributed by atoms with Crippen molar-refractivity contribution in [3.05, 3.63) is 29.6 Å². The Morgan fingerprint density at radius 2 is 2.00 bits per heavy atom. The summed E-state index contributed by atoms with van der Waals surface area (Å²) in [5.74, 6) is -1.46.